The van der Waals surface area contributed by atoms with Crippen molar-refractivity contribution < 1.29 is 63.8 Å². The first kappa shape index (κ1) is 44.7. The molecule has 278 valence electrons. The van der Waals surface area contributed by atoms with E-state index in [0.29, 0.717) is 12.8 Å². The average molecular weight is 690 g/mol. The SMILES string of the molecule is CCCCC(C)C(OC(=O)CC(CC(=O)O)C(=O)O)C(CC(C)CCCCCCCCC(O)C(C)N)OC(=O)CC(CC(=O)O)C(=O)O. The van der Waals surface area contributed by atoms with Crippen LogP contribution >= 0.6 is 0 Å². The highest BCUT2D eigenvalue weighted by Gasteiger charge is 2.36. The summed E-state index contributed by atoms with van der Waals surface area (Å²) >= 11 is 0. The van der Waals surface area contributed by atoms with Crippen molar-refractivity contribution in [2.45, 2.75) is 155 Å². The van der Waals surface area contributed by atoms with Crippen LogP contribution in [0.25, 0.3) is 0 Å². The molecule has 0 aromatic rings. The highest BCUT2D eigenvalue weighted by Crippen LogP contribution is 2.29. The molecule has 0 rings (SSSR count). The highest BCUT2D eigenvalue weighted by molar-refractivity contribution is 5.83. The molecule has 0 radical (unpaired) electrons. The third-order valence-electron chi connectivity index (χ3n) is 8.55. The molecule has 8 unspecified atom stereocenters. The van der Waals surface area contributed by atoms with Gasteiger partial charge in [0.15, 0.2) is 0 Å². The first-order valence-electron chi connectivity index (χ1n) is 17.2. The number of rotatable bonds is 29. The van der Waals surface area contributed by atoms with Crippen LogP contribution in [0.3, 0.4) is 0 Å². The van der Waals surface area contributed by atoms with Crippen molar-refractivity contribution >= 4 is 35.8 Å². The number of carboxylic acid groups (broad SMARTS) is 4. The van der Waals surface area contributed by atoms with Crippen LogP contribution in [0.2, 0.25) is 0 Å². The molecule has 0 aliphatic rings. The van der Waals surface area contributed by atoms with Gasteiger partial charge in [-0.1, -0.05) is 78.6 Å². The van der Waals surface area contributed by atoms with Gasteiger partial charge in [-0.2, -0.15) is 0 Å². The largest absolute Gasteiger partial charge is 0.481 e. The molecule has 0 aromatic heterocycles. The van der Waals surface area contributed by atoms with Crippen LogP contribution in [0, 0.1) is 23.7 Å². The molecule has 0 heterocycles. The number of esters is 2. The standard InChI is InChI=1S/C34H59NO13/c1-5-6-14-22(3)32(48-31(42)20-25(34(45)46)18-29(39)40)27(47-30(41)19-24(33(43)44)17-28(37)38)16-21(2)13-11-9-7-8-10-12-15-26(36)23(4)35/h21-27,32,36H,5-20,35H2,1-4H3,(H,37,38)(H,39,40)(H,43,44)(H,45,46). The van der Waals surface area contributed by atoms with Crippen LogP contribution in [-0.4, -0.2) is 85.7 Å². The molecule has 0 aliphatic heterocycles. The number of hydrogen-bond acceptors (Lipinski definition) is 10. The fourth-order valence-electron chi connectivity index (χ4n) is 5.56. The van der Waals surface area contributed by atoms with Crippen molar-refractivity contribution in [2.24, 2.45) is 29.4 Å². The molecular formula is C34H59NO13. The van der Waals surface area contributed by atoms with Crippen molar-refractivity contribution in [1.82, 2.24) is 0 Å². The Kier molecular flexibility index (Phi) is 23.1. The summed E-state index contributed by atoms with van der Waals surface area (Å²) in [5.41, 5.74) is 5.69. The Morgan fingerprint density at radius 1 is 0.625 bits per heavy atom. The fourth-order valence-corrected chi connectivity index (χ4v) is 5.56. The molecule has 0 aliphatic carbocycles. The zero-order chi connectivity index (χ0) is 36.8. The smallest absolute Gasteiger partial charge is 0.307 e. The van der Waals surface area contributed by atoms with Gasteiger partial charge in [0.25, 0.3) is 0 Å². The van der Waals surface area contributed by atoms with Crippen LogP contribution in [0.1, 0.15) is 130 Å². The first-order valence-corrected chi connectivity index (χ1v) is 17.2. The van der Waals surface area contributed by atoms with Crippen molar-refractivity contribution in [3.63, 3.8) is 0 Å². The van der Waals surface area contributed by atoms with Gasteiger partial charge in [-0.05, 0) is 38.0 Å². The fraction of sp³-hybridized carbons (Fsp3) is 0.824. The summed E-state index contributed by atoms with van der Waals surface area (Å²) in [6.45, 7) is 7.49. The topological polar surface area (TPSA) is 248 Å². The van der Waals surface area contributed by atoms with Crippen LogP contribution in [0.5, 0.6) is 0 Å². The minimum Gasteiger partial charge on any atom is -0.481 e. The molecule has 48 heavy (non-hydrogen) atoms. The zero-order valence-corrected chi connectivity index (χ0v) is 29.0. The number of carbonyl (C=O) groups excluding carboxylic acids is 2. The molecule has 0 spiro atoms. The molecule has 0 bridgehead atoms. The summed E-state index contributed by atoms with van der Waals surface area (Å²) in [5, 5.41) is 46.9. The van der Waals surface area contributed by atoms with Gasteiger partial charge < -0.3 is 40.7 Å². The van der Waals surface area contributed by atoms with Crippen molar-refractivity contribution in [3.8, 4) is 0 Å². The number of unbranched alkanes of at least 4 members (excludes halogenated alkanes) is 6. The quantitative estimate of drug-likeness (QED) is 0.0463. The molecule has 0 saturated carbocycles. The summed E-state index contributed by atoms with van der Waals surface area (Å²) in [7, 11) is 0. The molecule has 0 fully saturated rings. The number of aliphatic hydroxyl groups is 1. The van der Waals surface area contributed by atoms with Crippen molar-refractivity contribution in [2.75, 3.05) is 0 Å². The number of aliphatic hydroxyl groups excluding tert-OH is 1. The van der Waals surface area contributed by atoms with Crippen LogP contribution in [0.4, 0.5) is 0 Å². The Labute approximate surface area is 283 Å². The Balaban J connectivity index is 5.80. The van der Waals surface area contributed by atoms with E-state index in [0.717, 1.165) is 57.8 Å². The third-order valence-corrected chi connectivity index (χ3v) is 8.55. The lowest BCUT2D eigenvalue weighted by Crippen LogP contribution is -2.42. The van der Waals surface area contributed by atoms with E-state index in [9.17, 15) is 44.1 Å². The van der Waals surface area contributed by atoms with E-state index in [-0.39, 0.29) is 24.3 Å². The van der Waals surface area contributed by atoms with Crippen LogP contribution in [0.15, 0.2) is 0 Å². The molecule has 14 nitrogen and oxygen atoms in total. The van der Waals surface area contributed by atoms with Gasteiger partial charge >= 0.3 is 35.8 Å². The maximum Gasteiger partial charge on any atom is 0.307 e. The van der Waals surface area contributed by atoms with Gasteiger partial charge in [-0.15, -0.1) is 0 Å². The predicted molar refractivity (Wildman–Crippen MR) is 175 cm³/mol. The minimum atomic E-state index is -1.53. The molecule has 14 heteroatoms. The lowest BCUT2D eigenvalue weighted by Gasteiger charge is -2.33. The van der Waals surface area contributed by atoms with Gasteiger partial charge in [0.1, 0.15) is 12.2 Å². The second kappa shape index (κ2) is 24.8. The molecule has 7 N–H and O–H groups in total. The molecule has 0 amide bonds. The van der Waals surface area contributed by atoms with E-state index in [1.54, 1.807) is 13.8 Å². The third kappa shape index (κ3) is 20.9. The van der Waals surface area contributed by atoms with E-state index in [1.807, 2.05) is 13.8 Å². The van der Waals surface area contributed by atoms with E-state index in [1.165, 1.54) is 0 Å². The van der Waals surface area contributed by atoms with Crippen molar-refractivity contribution in [3.05, 3.63) is 0 Å². The summed E-state index contributed by atoms with van der Waals surface area (Å²) in [6, 6.07) is -0.255. The number of hydrogen-bond donors (Lipinski definition) is 6. The van der Waals surface area contributed by atoms with E-state index in [2.05, 4.69) is 0 Å². The van der Waals surface area contributed by atoms with Gasteiger partial charge in [0.05, 0.1) is 43.6 Å². The monoisotopic (exact) mass is 689 g/mol. The first-order chi connectivity index (χ1) is 22.5. The van der Waals surface area contributed by atoms with Crippen molar-refractivity contribution in [1.29, 1.82) is 0 Å². The minimum absolute atomic E-state index is 0.0309. The number of carboxylic acids is 4. The zero-order valence-electron chi connectivity index (χ0n) is 29.0. The molecular weight excluding hydrogens is 630 g/mol. The summed E-state index contributed by atoms with van der Waals surface area (Å²) in [6.07, 6.45) is 3.89. The molecule has 0 aromatic carbocycles. The maximum absolute atomic E-state index is 13.0. The molecule has 8 atom stereocenters. The van der Waals surface area contributed by atoms with Gasteiger partial charge in [0.2, 0.25) is 0 Å². The van der Waals surface area contributed by atoms with E-state index in [4.69, 9.17) is 25.4 Å². The van der Waals surface area contributed by atoms with Gasteiger partial charge in [0, 0.05) is 6.04 Å². The Hall–Kier alpha value is -3.26. The summed E-state index contributed by atoms with van der Waals surface area (Å²) in [4.78, 5) is 71.6. The second-order valence-electron chi connectivity index (χ2n) is 13.2. The lowest BCUT2D eigenvalue weighted by molar-refractivity contribution is -0.177. The highest BCUT2D eigenvalue weighted by atomic mass is 16.6. The van der Waals surface area contributed by atoms with Gasteiger partial charge in [-0.3, -0.25) is 28.8 Å². The second-order valence-corrected chi connectivity index (χ2v) is 13.2. The Morgan fingerprint density at radius 3 is 1.52 bits per heavy atom. The maximum atomic E-state index is 13.0. The number of carbonyl (C=O) groups is 6. The average Bonchev–Trinajstić information content (AvgIpc) is 2.98. The van der Waals surface area contributed by atoms with Gasteiger partial charge in [-0.25, -0.2) is 0 Å². The Bertz CT molecular complexity index is 1000. The van der Waals surface area contributed by atoms with E-state index >= 15 is 0 Å². The summed E-state index contributed by atoms with van der Waals surface area (Å²) < 4.78 is 11.5. The Morgan fingerprint density at radius 2 is 1.08 bits per heavy atom. The normalized spacial score (nSPS) is 16.4. The van der Waals surface area contributed by atoms with Crippen LogP contribution in [-0.2, 0) is 38.2 Å². The number of nitrogens with two attached hydrogens (primary N) is 1. The lowest BCUT2D eigenvalue weighted by atomic mass is 9.87. The number of ether oxygens (including phenoxy) is 2. The predicted octanol–water partition coefficient (Wildman–Crippen LogP) is 4.62. The molecule has 0 saturated heterocycles. The van der Waals surface area contributed by atoms with Crippen LogP contribution < -0.4 is 5.73 Å². The van der Waals surface area contributed by atoms with E-state index < -0.39 is 91.6 Å². The number of aliphatic carboxylic acids is 4. The summed E-state index contributed by atoms with van der Waals surface area (Å²) in [5.74, 6) is -11.1.